The quantitative estimate of drug-likeness (QED) is 0.667. The van der Waals surface area contributed by atoms with Gasteiger partial charge in [0.25, 0.3) is 0 Å². The maximum Gasteiger partial charge on any atom is 0.139 e. The van der Waals surface area contributed by atoms with Crippen molar-refractivity contribution in [2.45, 2.75) is 31.9 Å². The van der Waals surface area contributed by atoms with E-state index in [1.165, 1.54) is 5.56 Å². The number of aliphatic hydroxyl groups is 1. The van der Waals surface area contributed by atoms with Crippen molar-refractivity contribution in [1.29, 1.82) is 0 Å². The van der Waals surface area contributed by atoms with Crippen LogP contribution in [0.5, 0.6) is 0 Å². The third-order valence-corrected chi connectivity index (χ3v) is 3.52. The molecule has 0 heterocycles. The van der Waals surface area contributed by atoms with Gasteiger partial charge >= 0.3 is 0 Å². The number of hydrogen-bond acceptors (Lipinski definition) is 2. The van der Waals surface area contributed by atoms with Crippen LogP contribution in [0.1, 0.15) is 36.5 Å². The number of nitrogens with two attached hydrogens (primary N) is 1. The fourth-order valence-corrected chi connectivity index (χ4v) is 2.09. The molecule has 3 N–H and O–H groups in total. The van der Waals surface area contributed by atoms with Crippen LogP contribution in [-0.4, -0.2) is 5.11 Å². The van der Waals surface area contributed by atoms with Crippen molar-refractivity contribution in [1.82, 2.24) is 0 Å². The standard InChI is InChI=1S/C19H21NO/c1-2-19(20,21)18-14-8-13-17(15-18)12-7-6-11-16-9-4-3-5-10-16/h3-5,8-10,13-15,21H,2,6,11,20H2,1H3. The molecular formula is C19H21NO. The van der Waals surface area contributed by atoms with E-state index in [1.54, 1.807) is 0 Å². The molecule has 0 aliphatic heterocycles. The molecule has 0 aromatic heterocycles. The van der Waals surface area contributed by atoms with Gasteiger partial charge in [-0.05, 0) is 36.1 Å². The van der Waals surface area contributed by atoms with E-state index in [2.05, 4.69) is 24.0 Å². The van der Waals surface area contributed by atoms with Crippen LogP contribution in [0, 0.1) is 11.8 Å². The molecule has 0 radical (unpaired) electrons. The average molecular weight is 279 g/mol. The molecular weight excluding hydrogens is 258 g/mol. The number of rotatable bonds is 4. The third-order valence-electron chi connectivity index (χ3n) is 3.52. The van der Waals surface area contributed by atoms with Gasteiger partial charge in [0, 0.05) is 12.0 Å². The Morgan fingerprint density at radius 1 is 1.10 bits per heavy atom. The van der Waals surface area contributed by atoms with E-state index >= 15 is 0 Å². The Balaban J connectivity index is 2.01. The lowest BCUT2D eigenvalue weighted by molar-refractivity contribution is 0.0394. The van der Waals surface area contributed by atoms with Gasteiger partial charge in [0.15, 0.2) is 0 Å². The highest BCUT2D eigenvalue weighted by atomic mass is 16.3. The van der Waals surface area contributed by atoms with E-state index in [-0.39, 0.29) is 0 Å². The molecule has 21 heavy (non-hydrogen) atoms. The summed E-state index contributed by atoms with van der Waals surface area (Å²) < 4.78 is 0. The highest BCUT2D eigenvalue weighted by Crippen LogP contribution is 2.19. The van der Waals surface area contributed by atoms with Crippen molar-refractivity contribution in [3.05, 3.63) is 71.3 Å². The summed E-state index contributed by atoms with van der Waals surface area (Å²) in [5.41, 5.74) is 7.46. The van der Waals surface area contributed by atoms with Crippen LogP contribution < -0.4 is 5.73 Å². The van der Waals surface area contributed by atoms with Crippen molar-refractivity contribution < 1.29 is 5.11 Å². The maximum atomic E-state index is 10.1. The summed E-state index contributed by atoms with van der Waals surface area (Å²) in [4.78, 5) is 0. The summed E-state index contributed by atoms with van der Waals surface area (Å²) in [6, 6.07) is 17.8. The molecule has 2 heteroatoms. The van der Waals surface area contributed by atoms with Crippen molar-refractivity contribution in [2.75, 3.05) is 0 Å². The van der Waals surface area contributed by atoms with Crippen molar-refractivity contribution in [3.8, 4) is 11.8 Å². The molecule has 2 rings (SSSR count). The van der Waals surface area contributed by atoms with Crippen LogP contribution in [0.4, 0.5) is 0 Å². The second kappa shape index (κ2) is 7.08. The van der Waals surface area contributed by atoms with E-state index < -0.39 is 5.72 Å². The van der Waals surface area contributed by atoms with Crippen LogP contribution >= 0.6 is 0 Å². The van der Waals surface area contributed by atoms with Crippen molar-refractivity contribution in [3.63, 3.8) is 0 Å². The van der Waals surface area contributed by atoms with E-state index in [0.717, 1.165) is 18.4 Å². The lowest BCUT2D eigenvalue weighted by Crippen LogP contribution is -2.35. The molecule has 2 aromatic rings. The molecule has 0 aliphatic carbocycles. The zero-order valence-corrected chi connectivity index (χ0v) is 12.3. The Kier molecular flexibility index (Phi) is 5.16. The first-order valence-corrected chi connectivity index (χ1v) is 7.26. The molecule has 108 valence electrons. The molecule has 0 spiro atoms. The summed E-state index contributed by atoms with van der Waals surface area (Å²) in [5, 5.41) is 10.1. The van der Waals surface area contributed by atoms with Crippen molar-refractivity contribution >= 4 is 0 Å². The van der Waals surface area contributed by atoms with Crippen molar-refractivity contribution in [2.24, 2.45) is 5.73 Å². The van der Waals surface area contributed by atoms with E-state index in [9.17, 15) is 5.11 Å². The molecule has 2 aromatic carbocycles. The smallest absolute Gasteiger partial charge is 0.139 e. The lowest BCUT2D eigenvalue weighted by Gasteiger charge is -2.21. The Hall–Kier alpha value is -2.08. The minimum Gasteiger partial charge on any atom is -0.372 e. The monoisotopic (exact) mass is 279 g/mol. The summed E-state index contributed by atoms with van der Waals surface area (Å²) in [7, 11) is 0. The van der Waals surface area contributed by atoms with Crippen LogP contribution in [0.2, 0.25) is 0 Å². The first kappa shape index (κ1) is 15.3. The predicted molar refractivity (Wildman–Crippen MR) is 86.5 cm³/mol. The van der Waals surface area contributed by atoms with Gasteiger partial charge in [0.05, 0.1) is 0 Å². The second-order valence-electron chi connectivity index (χ2n) is 5.15. The topological polar surface area (TPSA) is 46.2 Å². The van der Waals surface area contributed by atoms with Gasteiger partial charge in [0.1, 0.15) is 5.72 Å². The van der Waals surface area contributed by atoms with E-state index in [1.807, 2.05) is 49.4 Å². The Bertz CT molecular complexity index is 635. The first-order valence-electron chi connectivity index (χ1n) is 7.26. The molecule has 1 atom stereocenters. The number of aryl methyl sites for hydroxylation is 1. The third kappa shape index (κ3) is 4.46. The lowest BCUT2D eigenvalue weighted by atomic mass is 9.99. The first-order chi connectivity index (χ1) is 10.1. The molecule has 1 unspecified atom stereocenters. The van der Waals surface area contributed by atoms with Crippen LogP contribution in [0.25, 0.3) is 0 Å². The SMILES string of the molecule is CCC(N)(O)c1cccc(C#CCCc2ccccc2)c1. The van der Waals surface area contributed by atoms with Gasteiger partial charge in [0.2, 0.25) is 0 Å². The fourth-order valence-electron chi connectivity index (χ4n) is 2.09. The molecule has 0 saturated heterocycles. The summed E-state index contributed by atoms with van der Waals surface area (Å²) >= 11 is 0. The second-order valence-corrected chi connectivity index (χ2v) is 5.15. The summed E-state index contributed by atoms with van der Waals surface area (Å²) in [6.45, 7) is 1.86. The summed E-state index contributed by atoms with van der Waals surface area (Å²) in [5.74, 6) is 6.31. The highest BCUT2D eigenvalue weighted by Gasteiger charge is 2.20. The molecule has 0 fully saturated rings. The van der Waals surface area contributed by atoms with E-state index in [0.29, 0.717) is 12.0 Å². The molecule has 2 nitrogen and oxygen atoms in total. The van der Waals surface area contributed by atoms with Crippen LogP contribution in [0.3, 0.4) is 0 Å². The maximum absolute atomic E-state index is 10.1. The predicted octanol–water partition coefficient (Wildman–Crippen LogP) is 3.18. The molecule has 0 saturated carbocycles. The fraction of sp³-hybridized carbons (Fsp3) is 0.263. The van der Waals surface area contributed by atoms with Gasteiger partial charge in [-0.3, -0.25) is 5.73 Å². The summed E-state index contributed by atoms with van der Waals surface area (Å²) in [6.07, 6.45) is 2.23. The van der Waals surface area contributed by atoms with E-state index in [4.69, 9.17) is 5.73 Å². The molecule has 0 amide bonds. The van der Waals surface area contributed by atoms with Crippen LogP contribution in [0.15, 0.2) is 54.6 Å². The van der Waals surface area contributed by atoms with Gasteiger partial charge in [-0.2, -0.15) is 0 Å². The van der Waals surface area contributed by atoms with Gasteiger partial charge in [-0.1, -0.05) is 61.2 Å². The zero-order valence-electron chi connectivity index (χ0n) is 12.3. The highest BCUT2D eigenvalue weighted by molar-refractivity contribution is 5.38. The van der Waals surface area contributed by atoms with Gasteiger partial charge in [-0.25, -0.2) is 0 Å². The molecule has 0 aliphatic rings. The Morgan fingerprint density at radius 2 is 1.86 bits per heavy atom. The number of benzene rings is 2. The van der Waals surface area contributed by atoms with Crippen LogP contribution in [-0.2, 0) is 12.1 Å². The van der Waals surface area contributed by atoms with Gasteiger partial charge in [-0.15, -0.1) is 0 Å². The number of hydrogen-bond donors (Lipinski definition) is 2. The average Bonchev–Trinajstić information content (AvgIpc) is 2.53. The largest absolute Gasteiger partial charge is 0.372 e. The zero-order chi connectivity index (χ0) is 15.1. The normalized spacial score (nSPS) is 13.1. The Morgan fingerprint density at radius 3 is 2.57 bits per heavy atom. The van der Waals surface area contributed by atoms with Gasteiger partial charge < -0.3 is 5.11 Å². The minimum atomic E-state index is -1.28. The minimum absolute atomic E-state index is 0.470. The Labute approximate surface area is 126 Å². The molecule has 0 bridgehead atoms.